The van der Waals surface area contributed by atoms with Crippen LogP contribution in [0.3, 0.4) is 0 Å². The number of nitrogens with two attached hydrogens (primary N) is 1. The minimum atomic E-state index is -1.16. The van der Waals surface area contributed by atoms with Gasteiger partial charge in [-0.25, -0.2) is 9.78 Å². The number of rotatable bonds is 9. The lowest BCUT2D eigenvalue weighted by molar-refractivity contribution is -0.171. The maximum absolute atomic E-state index is 13.8. The minimum absolute atomic E-state index is 0.134. The predicted octanol–water partition coefficient (Wildman–Crippen LogP) is 5.01. The van der Waals surface area contributed by atoms with E-state index in [-0.39, 0.29) is 11.8 Å². The van der Waals surface area contributed by atoms with Crippen molar-refractivity contribution in [2.45, 2.75) is 129 Å². The van der Waals surface area contributed by atoms with Crippen LogP contribution in [0.5, 0.6) is 0 Å². The number of ketones is 1. The van der Waals surface area contributed by atoms with Gasteiger partial charge >= 0.3 is 12.1 Å². The van der Waals surface area contributed by atoms with Gasteiger partial charge in [0.05, 0.1) is 31.1 Å². The Hall–Kier alpha value is -3.04. The number of cyclic esters (lactones) is 1. The fourth-order valence-electron chi connectivity index (χ4n) is 7.54. The first-order chi connectivity index (χ1) is 23.6. The molecule has 50 heavy (non-hydrogen) atoms. The summed E-state index contributed by atoms with van der Waals surface area (Å²) in [5, 5.41) is 8.02. The zero-order chi connectivity index (χ0) is 37.0. The lowest BCUT2D eigenvalue weighted by atomic mass is 9.53. The number of nitrogens with zero attached hydrogens (tertiary/aromatic N) is 6. The van der Waals surface area contributed by atoms with Gasteiger partial charge in [-0.3, -0.25) is 19.2 Å². The number of fused-ring (bicyclic) bond motifs is 1. The summed E-state index contributed by atoms with van der Waals surface area (Å²) in [4.78, 5) is 50.2. The number of thiazole rings is 1. The summed E-state index contributed by atoms with van der Waals surface area (Å²) in [6.07, 6.45) is 6.03. The van der Waals surface area contributed by atoms with Crippen LogP contribution in [0.1, 0.15) is 87.0 Å². The highest BCUT2D eigenvalue weighted by Gasteiger charge is 2.59. The molecule has 0 spiro atoms. The van der Waals surface area contributed by atoms with Gasteiger partial charge in [0.25, 0.3) is 0 Å². The Balaban J connectivity index is 1.56. The first kappa shape index (κ1) is 39.7. The van der Waals surface area contributed by atoms with Crippen LogP contribution >= 0.6 is 11.3 Å². The normalized spacial score (nSPS) is 32.8. The van der Waals surface area contributed by atoms with E-state index < -0.39 is 53.1 Å². The summed E-state index contributed by atoms with van der Waals surface area (Å²) in [6.45, 7) is 15.1. The Morgan fingerprint density at radius 3 is 2.50 bits per heavy atom. The predicted molar refractivity (Wildman–Crippen MR) is 194 cm³/mol. The molecule has 2 fully saturated rings. The molecule has 2 aliphatic rings. The van der Waals surface area contributed by atoms with Crippen LogP contribution in [0, 0.1) is 17.8 Å². The molecule has 2 N–H and O–H groups in total. The molecule has 4 rings (SSSR count). The van der Waals surface area contributed by atoms with E-state index in [1.54, 1.807) is 36.7 Å². The van der Waals surface area contributed by atoms with Crippen LogP contribution < -0.4 is 5.73 Å². The molecule has 15 heteroatoms. The van der Waals surface area contributed by atoms with Crippen LogP contribution in [-0.2, 0) is 30.3 Å². The van der Waals surface area contributed by atoms with E-state index in [9.17, 15) is 14.4 Å². The summed E-state index contributed by atoms with van der Waals surface area (Å²) in [6, 6.07) is -0.551. The Morgan fingerprint density at radius 2 is 1.86 bits per heavy atom. The largest absolute Gasteiger partial charge is 0.458 e. The lowest BCUT2D eigenvalue weighted by Gasteiger charge is -2.44. The van der Waals surface area contributed by atoms with Gasteiger partial charge in [-0.05, 0) is 78.2 Å². The van der Waals surface area contributed by atoms with Gasteiger partial charge in [0.2, 0.25) is 0 Å². The Morgan fingerprint density at radius 1 is 1.16 bits per heavy atom. The molecule has 0 bridgehead atoms. The minimum Gasteiger partial charge on any atom is -0.458 e. The van der Waals surface area contributed by atoms with Gasteiger partial charge in [0.15, 0.2) is 10.7 Å². The fourth-order valence-corrected chi connectivity index (χ4v) is 8.18. The molecule has 0 saturated carbocycles. The molecule has 2 aliphatic heterocycles. The van der Waals surface area contributed by atoms with Crippen LogP contribution in [0.25, 0.3) is 10.6 Å². The molecule has 1 amide bonds. The number of carbonyl (C=O) groups excluding carboxylic acids is 3. The number of ether oxygens (including phenoxy) is 3. The standard InChI is InChI=1S/C35H56BN7O6S/c1-10-28-34(7)30(43(33(46)49-34)17-12-11-16-42-20-26(39-40-42)27-19-38-32(37)50-27)24(5)41(8)18-14-21(2)13-15-35(36,25(6)47-9)23(4)29(44)22(3)31(45)48-28/h19-25,28,30H,10-18H2,1-9H3,(H2,37,38)/t21-,22+,23-,24-,25?,28+,30+,34+,35-/m0/s1. The highest BCUT2D eigenvalue weighted by atomic mass is 32.1. The van der Waals surface area contributed by atoms with Gasteiger partial charge in [-0.1, -0.05) is 50.2 Å². The summed E-state index contributed by atoms with van der Waals surface area (Å²) < 4.78 is 19.8. The number of anilines is 1. The molecule has 2 saturated heterocycles. The number of carbonyl (C=O) groups is 3. The molecule has 0 aromatic carbocycles. The first-order valence-electron chi connectivity index (χ1n) is 17.9. The van der Waals surface area contributed by atoms with E-state index in [0.29, 0.717) is 49.1 Å². The number of hydrogen-bond acceptors (Lipinski definition) is 12. The van der Waals surface area contributed by atoms with E-state index in [0.717, 1.165) is 30.7 Å². The van der Waals surface area contributed by atoms with Crippen LogP contribution in [0.2, 0.25) is 5.31 Å². The smallest absolute Gasteiger partial charge is 0.410 e. The van der Waals surface area contributed by atoms with E-state index in [1.165, 1.54) is 11.3 Å². The maximum atomic E-state index is 13.8. The highest BCUT2D eigenvalue weighted by Crippen LogP contribution is 2.45. The van der Waals surface area contributed by atoms with Crippen molar-refractivity contribution in [2.24, 2.45) is 17.8 Å². The second-order valence-corrected chi connectivity index (χ2v) is 15.7. The third-order valence-corrected chi connectivity index (χ3v) is 12.3. The molecule has 13 nitrogen and oxygen atoms in total. The molecule has 4 heterocycles. The molecule has 2 aromatic rings. The fraction of sp³-hybridized carbons (Fsp3) is 0.771. The van der Waals surface area contributed by atoms with Gasteiger partial charge < -0.3 is 24.8 Å². The zero-order valence-corrected chi connectivity index (χ0v) is 32.1. The van der Waals surface area contributed by atoms with Crippen molar-refractivity contribution in [3.8, 4) is 10.6 Å². The van der Waals surface area contributed by atoms with Crippen molar-refractivity contribution in [1.29, 1.82) is 0 Å². The number of unbranched alkanes of at least 4 members (excludes halogenated alkanes) is 1. The van der Waals surface area contributed by atoms with Crippen LogP contribution in [-0.4, -0.2) is 113 Å². The summed E-state index contributed by atoms with van der Waals surface area (Å²) in [5.41, 5.74) is 5.33. The van der Waals surface area contributed by atoms with Crippen LogP contribution in [0.15, 0.2) is 12.4 Å². The molecule has 2 aromatic heterocycles. The summed E-state index contributed by atoms with van der Waals surface area (Å²) >= 11 is 1.36. The number of amides is 1. The molecular formula is C35H56BN7O6S. The van der Waals surface area contributed by atoms with E-state index in [2.05, 4.69) is 41.1 Å². The van der Waals surface area contributed by atoms with Gasteiger partial charge in [-0.2, -0.15) is 0 Å². The first-order valence-corrected chi connectivity index (χ1v) is 18.8. The molecule has 9 atom stereocenters. The third-order valence-electron chi connectivity index (χ3n) is 11.4. The number of likely N-dealkylation sites (N-methyl/N-ethyl adjacent to an activating group) is 1. The second-order valence-electron chi connectivity index (χ2n) is 14.7. The number of aryl methyl sites for hydroxylation is 1. The quantitative estimate of drug-likeness (QED) is 0.161. The second kappa shape index (κ2) is 16.5. The monoisotopic (exact) mass is 713 g/mol. The van der Waals surface area contributed by atoms with Crippen molar-refractivity contribution in [3.05, 3.63) is 12.4 Å². The Kier molecular flexibility index (Phi) is 13.1. The SMILES string of the molecule is [B][C@@]1(C(C)OC)CC[C@H](C)CCN(C)[C@@H](C)[C@H]2N(CCCCn3cc(-c4cnc(N)s4)nn3)C(=O)O[C@]2(C)[C@@H](CC)OC(=O)[C@H](C)C(=O)[C@@H]1C. The average Bonchev–Trinajstić information content (AvgIpc) is 3.81. The molecule has 0 aliphatic carbocycles. The van der Waals surface area contributed by atoms with Crippen molar-refractivity contribution in [1.82, 2.24) is 29.8 Å². The van der Waals surface area contributed by atoms with E-state index >= 15 is 0 Å². The molecule has 276 valence electrons. The topological polar surface area (TPSA) is 155 Å². The Bertz CT molecular complexity index is 1470. The van der Waals surface area contributed by atoms with Crippen molar-refractivity contribution in [3.63, 3.8) is 0 Å². The number of Topliss-reactive ketones (excluding diaryl/α,β-unsaturated/α-hetero) is 1. The Labute approximate surface area is 302 Å². The zero-order valence-electron chi connectivity index (χ0n) is 31.3. The summed E-state index contributed by atoms with van der Waals surface area (Å²) in [5.74, 6) is -2.33. The van der Waals surface area contributed by atoms with Gasteiger partial charge in [-0.15, -0.1) is 5.10 Å². The van der Waals surface area contributed by atoms with Crippen molar-refractivity contribution >= 4 is 42.2 Å². The van der Waals surface area contributed by atoms with E-state index in [4.69, 9.17) is 27.8 Å². The van der Waals surface area contributed by atoms with Crippen LogP contribution in [0.4, 0.5) is 9.93 Å². The maximum Gasteiger partial charge on any atom is 0.410 e. The molecule has 1 unspecified atom stereocenters. The average molecular weight is 714 g/mol. The van der Waals surface area contributed by atoms with E-state index in [1.807, 2.05) is 27.0 Å². The van der Waals surface area contributed by atoms with Crippen molar-refractivity contribution < 1.29 is 28.6 Å². The number of methoxy groups -OCH3 is 1. The van der Waals surface area contributed by atoms with Gasteiger partial charge in [0.1, 0.15) is 23.5 Å². The number of esters is 1. The van der Waals surface area contributed by atoms with Crippen molar-refractivity contribution in [2.75, 3.05) is 33.0 Å². The summed E-state index contributed by atoms with van der Waals surface area (Å²) in [7, 11) is 10.6. The number of aromatic nitrogens is 4. The number of nitrogen functional groups attached to an aromatic ring is 1. The third kappa shape index (κ3) is 8.36. The number of hydrogen-bond donors (Lipinski definition) is 1. The highest BCUT2D eigenvalue weighted by molar-refractivity contribution is 7.18. The molecular weight excluding hydrogens is 657 g/mol. The molecule has 2 radical (unpaired) electrons. The lowest BCUT2D eigenvalue weighted by Crippen LogP contribution is -2.61. The van der Waals surface area contributed by atoms with Gasteiger partial charge in [0, 0.05) is 38.4 Å².